The molecule has 392 valence electrons. The molecule has 0 spiro atoms. The van der Waals surface area contributed by atoms with Crippen LogP contribution in [0.1, 0.15) is 220 Å². The molecule has 0 aliphatic rings. The Morgan fingerprint density at radius 1 is 0.394 bits per heavy atom. The molecule has 0 fully saturated rings. The van der Waals surface area contributed by atoms with E-state index in [-0.39, 0.29) is 30.1 Å². The summed E-state index contributed by atoms with van der Waals surface area (Å²) < 4.78 is 35.2. The van der Waals surface area contributed by atoms with Gasteiger partial charge in [0.25, 0.3) is 0 Å². The van der Waals surface area contributed by atoms with Crippen molar-refractivity contribution in [2.24, 2.45) is 0 Å². The second kappa shape index (κ2) is 51.0. The molecule has 0 aromatic heterocycles. The van der Waals surface area contributed by atoms with Gasteiger partial charge in [0.2, 0.25) is 5.91 Å². The van der Waals surface area contributed by atoms with Crippen LogP contribution < -0.4 is 5.32 Å². The number of esters is 2. The first-order chi connectivity index (χ1) is 32.2. The zero-order valence-corrected chi connectivity index (χ0v) is 44.1. The summed E-state index contributed by atoms with van der Waals surface area (Å²) in [4.78, 5) is 42.9. The van der Waals surface area contributed by atoms with E-state index < -0.39 is 0 Å². The number of carbonyl (C=O) groups excluding carboxylic acids is 3. The summed E-state index contributed by atoms with van der Waals surface area (Å²) in [7, 11) is 4.10. The standard InChI is InChI=1S/C54H107N3O9/c1-7-11-15-29-42-61-46-50(47-62-43-30-16-12-8-2)65-53(59)34-25-21-19-23-27-39-57(41-36-52(58)55-37-33-38-56(5)6)40-28-24-20-22-26-35-54(60)66-51(48-63-44-31-17-13-9-3)49-64-45-32-18-14-10-4/h50-51H,7-49H2,1-6H3,(H,55,58). The highest BCUT2D eigenvalue weighted by atomic mass is 16.6. The summed E-state index contributed by atoms with van der Waals surface area (Å²) >= 11 is 0. The van der Waals surface area contributed by atoms with Gasteiger partial charge in [-0.05, 0) is 91.5 Å². The lowest BCUT2D eigenvalue weighted by molar-refractivity contribution is -0.157. The van der Waals surface area contributed by atoms with Gasteiger partial charge < -0.3 is 43.5 Å². The number of unbranched alkanes of at least 4 members (excludes halogenated alkanes) is 20. The first-order valence-electron chi connectivity index (χ1n) is 27.6. The third-order valence-electron chi connectivity index (χ3n) is 11.8. The van der Waals surface area contributed by atoms with Gasteiger partial charge >= 0.3 is 11.9 Å². The minimum Gasteiger partial charge on any atom is -0.457 e. The van der Waals surface area contributed by atoms with Gasteiger partial charge in [0.05, 0.1) is 26.4 Å². The molecule has 1 N–H and O–H groups in total. The summed E-state index contributed by atoms with van der Waals surface area (Å²) in [5.41, 5.74) is 0. The maximum absolute atomic E-state index is 12.8. The molecule has 0 aromatic carbocycles. The normalized spacial score (nSPS) is 11.7. The summed E-state index contributed by atoms with van der Waals surface area (Å²) in [6, 6.07) is 0. The van der Waals surface area contributed by atoms with Gasteiger partial charge in [0.1, 0.15) is 12.2 Å². The van der Waals surface area contributed by atoms with Gasteiger partial charge in [-0.3, -0.25) is 14.4 Å². The monoisotopic (exact) mass is 942 g/mol. The molecule has 0 heterocycles. The van der Waals surface area contributed by atoms with Crippen LogP contribution in [-0.2, 0) is 42.8 Å². The van der Waals surface area contributed by atoms with Crippen LogP contribution in [0.3, 0.4) is 0 Å². The number of ether oxygens (including phenoxy) is 6. The maximum Gasteiger partial charge on any atom is 0.306 e. The second-order valence-electron chi connectivity index (χ2n) is 18.9. The molecule has 0 saturated heterocycles. The molecular formula is C54H107N3O9. The van der Waals surface area contributed by atoms with E-state index in [1.54, 1.807) is 0 Å². The summed E-state index contributed by atoms with van der Waals surface area (Å²) in [6.45, 7) is 17.5. The van der Waals surface area contributed by atoms with Crippen molar-refractivity contribution in [2.75, 3.05) is 99.7 Å². The Labute approximate surface area is 406 Å². The van der Waals surface area contributed by atoms with E-state index in [2.05, 4.69) is 56.9 Å². The van der Waals surface area contributed by atoms with E-state index in [4.69, 9.17) is 28.4 Å². The Morgan fingerprint density at radius 3 is 1.11 bits per heavy atom. The van der Waals surface area contributed by atoms with Crippen molar-refractivity contribution in [3.63, 3.8) is 0 Å². The molecule has 0 aromatic rings. The second-order valence-corrected chi connectivity index (χ2v) is 18.9. The predicted molar refractivity (Wildman–Crippen MR) is 272 cm³/mol. The first kappa shape index (κ1) is 64.2. The van der Waals surface area contributed by atoms with Gasteiger partial charge in [-0.2, -0.15) is 0 Å². The zero-order valence-electron chi connectivity index (χ0n) is 44.1. The Morgan fingerprint density at radius 2 is 0.742 bits per heavy atom. The first-order valence-corrected chi connectivity index (χ1v) is 27.6. The van der Waals surface area contributed by atoms with Crippen molar-refractivity contribution >= 4 is 17.8 Å². The van der Waals surface area contributed by atoms with Crippen molar-refractivity contribution in [1.82, 2.24) is 15.1 Å². The molecule has 12 nitrogen and oxygen atoms in total. The summed E-state index contributed by atoms with van der Waals surface area (Å²) in [5, 5.41) is 3.10. The quantitative estimate of drug-likeness (QED) is 0.0463. The molecule has 0 radical (unpaired) electrons. The van der Waals surface area contributed by atoms with Crippen molar-refractivity contribution < 1.29 is 42.8 Å². The van der Waals surface area contributed by atoms with Crippen LogP contribution in [0.4, 0.5) is 0 Å². The largest absolute Gasteiger partial charge is 0.457 e. The number of carbonyl (C=O) groups is 3. The van der Waals surface area contributed by atoms with Crippen LogP contribution in [-0.4, -0.2) is 140 Å². The Bertz CT molecular complexity index is 956. The van der Waals surface area contributed by atoms with Crippen molar-refractivity contribution in [2.45, 2.75) is 233 Å². The van der Waals surface area contributed by atoms with Crippen LogP contribution in [0.5, 0.6) is 0 Å². The van der Waals surface area contributed by atoms with Gasteiger partial charge in [-0.25, -0.2) is 0 Å². The van der Waals surface area contributed by atoms with Crippen molar-refractivity contribution in [1.29, 1.82) is 0 Å². The summed E-state index contributed by atoms with van der Waals surface area (Å²) in [5.74, 6) is -0.199. The predicted octanol–water partition coefficient (Wildman–Crippen LogP) is 11.6. The Kier molecular flexibility index (Phi) is 49.6. The SMILES string of the molecule is CCCCCCOCC(COCCCCCC)OC(=O)CCCCCCCN(CCCCCCCC(=O)OC(COCCCCCC)COCCCCCC)CCC(=O)NCCCN(C)C. The highest BCUT2D eigenvalue weighted by Gasteiger charge is 2.17. The average Bonchev–Trinajstić information content (AvgIpc) is 3.30. The smallest absolute Gasteiger partial charge is 0.306 e. The lowest BCUT2D eigenvalue weighted by atomic mass is 10.1. The Balaban J connectivity index is 4.72. The lowest BCUT2D eigenvalue weighted by Gasteiger charge is -2.22. The van der Waals surface area contributed by atoms with Crippen molar-refractivity contribution in [3.8, 4) is 0 Å². The fraction of sp³-hybridized carbons (Fsp3) is 0.944. The van der Waals surface area contributed by atoms with E-state index in [1.807, 2.05) is 0 Å². The molecule has 0 rings (SSSR count). The number of amides is 1. The van der Waals surface area contributed by atoms with E-state index in [9.17, 15) is 14.4 Å². The van der Waals surface area contributed by atoms with Crippen LogP contribution in [0.25, 0.3) is 0 Å². The fourth-order valence-corrected chi connectivity index (χ4v) is 7.68. The highest BCUT2D eigenvalue weighted by Crippen LogP contribution is 2.13. The molecule has 0 saturated carbocycles. The molecule has 0 aliphatic heterocycles. The van der Waals surface area contributed by atoms with Crippen LogP contribution in [0.15, 0.2) is 0 Å². The molecular weight excluding hydrogens is 835 g/mol. The number of nitrogens with one attached hydrogen (secondary N) is 1. The van der Waals surface area contributed by atoms with E-state index >= 15 is 0 Å². The summed E-state index contributed by atoms with van der Waals surface area (Å²) in [6.07, 6.45) is 30.1. The lowest BCUT2D eigenvalue weighted by Crippen LogP contribution is -2.33. The van der Waals surface area contributed by atoms with E-state index in [0.717, 1.165) is 148 Å². The number of nitrogens with zero attached hydrogens (tertiary/aromatic N) is 2. The maximum atomic E-state index is 12.8. The Hall–Kier alpha value is -1.83. The number of hydrogen-bond acceptors (Lipinski definition) is 11. The number of hydrogen-bond donors (Lipinski definition) is 1. The third-order valence-corrected chi connectivity index (χ3v) is 11.8. The van der Waals surface area contributed by atoms with Gasteiger partial charge in [0.15, 0.2) is 0 Å². The number of rotatable bonds is 53. The highest BCUT2D eigenvalue weighted by molar-refractivity contribution is 5.76. The van der Waals surface area contributed by atoms with Crippen LogP contribution >= 0.6 is 0 Å². The minimum absolute atomic E-state index is 0.121. The molecule has 0 aliphatic carbocycles. The molecule has 1 amide bonds. The van der Waals surface area contributed by atoms with Gasteiger partial charge in [-0.1, -0.05) is 143 Å². The zero-order chi connectivity index (χ0) is 48.4. The van der Waals surface area contributed by atoms with Crippen LogP contribution in [0.2, 0.25) is 0 Å². The third kappa shape index (κ3) is 47.2. The molecule has 0 bridgehead atoms. The topological polar surface area (TPSA) is 125 Å². The molecule has 0 unspecified atom stereocenters. The minimum atomic E-state index is -0.353. The van der Waals surface area contributed by atoms with Gasteiger partial charge in [-0.15, -0.1) is 0 Å². The molecule has 12 heteroatoms. The van der Waals surface area contributed by atoms with Crippen LogP contribution in [0, 0.1) is 0 Å². The van der Waals surface area contributed by atoms with E-state index in [1.165, 1.54) is 51.4 Å². The van der Waals surface area contributed by atoms with Crippen molar-refractivity contribution in [3.05, 3.63) is 0 Å². The van der Waals surface area contributed by atoms with E-state index in [0.29, 0.717) is 78.7 Å². The van der Waals surface area contributed by atoms with Gasteiger partial charge in [0, 0.05) is 58.8 Å². The average molecular weight is 942 g/mol. The molecule has 0 atom stereocenters. The fourth-order valence-electron chi connectivity index (χ4n) is 7.68. The molecule has 66 heavy (non-hydrogen) atoms.